The summed E-state index contributed by atoms with van der Waals surface area (Å²) in [6.07, 6.45) is 0. The molecule has 0 unspecified atom stereocenters. The minimum Gasteiger partial charge on any atom is -0.313 e. The van der Waals surface area contributed by atoms with Crippen LogP contribution in [-0.4, -0.2) is 36.5 Å². The smallest absolute Gasteiger partial charge is 0.313 e. The highest BCUT2D eigenvalue weighted by molar-refractivity contribution is 5.99. The molecule has 1 N–H and O–H groups in total. The normalized spacial score (nSPS) is 14.7. The second kappa shape index (κ2) is 6.66. The van der Waals surface area contributed by atoms with Crippen LogP contribution >= 0.6 is 0 Å². The third kappa shape index (κ3) is 3.51. The van der Waals surface area contributed by atoms with Gasteiger partial charge in [0.2, 0.25) is 5.91 Å². The van der Waals surface area contributed by atoms with Crippen molar-refractivity contribution >= 4 is 23.3 Å². The molecule has 1 saturated heterocycles. The van der Waals surface area contributed by atoms with E-state index in [2.05, 4.69) is 5.32 Å². The van der Waals surface area contributed by atoms with Crippen molar-refractivity contribution in [1.29, 1.82) is 0 Å². The van der Waals surface area contributed by atoms with E-state index in [9.17, 15) is 18.4 Å². The molecule has 0 bridgehead atoms. The number of benzene rings is 2. The zero-order chi connectivity index (χ0) is 17.1. The average molecular weight is 331 g/mol. The number of hydrogen-bond acceptors (Lipinski definition) is 2. The van der Waals surface area contributed by atoms with Crippen molar-refractivity contribution in [2.75, 3.05) is 29.9 Å². The number of hydrogen-bond donors (Lipinski definition) is 1. The van der Waals surface area contributed by atoms with E-state index in [-0.39, 0.29) is 19.0 Å². The molecule has 1 heterocycles. The number of amides is 3. The Morgan fingerprint density at radius 2 is 1.75 bits per heavy atom. The van der Waals surface area contributed by atoms with E-state index in [0.717, 1.165) is 0 Å². The molecule has 7 heteroatoms. The number of halogens is 2. The van der Waals surface area contributed by atoms with Gasteiger partial charge >= 0.3 is 6.03 Å². The molecule has 1 aliphatic rings. The minimum absolute atomic E-state index is 0.108. The van der Waals surface area contributed by atoms with Gasteiger partial charge in [0, 0.05) is 24.5 Å². The fourth-order valence-electron chi connectivity index (χ4n) is 2.50. The Kier molecular flexibility index (Phi) is 4.41. The maximum absolute atomic E-state index is 13.3. The van der Waals surface area contributed by atoms with E-state index in [1.807, 2.05) is 0 Å². The lowest BCUT2D eigenvalue weighted by atomic mass is 10.2. The molecule has 1 aliphatic heterocycles. The first-order valence-electron chi connectivity index (χ1n) is 7.40. The summed E-state index contributed by atoms with van der Waals surface area (Å²) in [7, 11) is 0. The van der Waals surface area contributed by atoms with Gasteiger partial charge in [0.05, 0.1) is 0 Å². The predicted octanol–water partition coefficient (Wildman–Crippen LogP) is 2.85. The number of rotatable bonds is 2. The molecule has 5 nitrogen and oxygen atoms in total. The van der Waals surface area contributed by atoms with Gasteiger partial charge < -0.3 is 15.1 Å². The number of urea groups is 1. The average Bonchev–Trinajstić information content (AvgIpc) is 2.57. The second-order valence-corrected chi connectivity index (χ2v) is 5.38. The first-order valence-corrected chi connectivity index (χ1v) is 7.40. The van der Waals surface area contributed by atoms with Gasteiger partial charge in [0.15, 0.2) is 0 Å². The molecule has 0 spiro atoms. The summed E-state index contributed by atoms with van der Waals surface area (Å²) in [5.74, 6) is -1.11. The van der Waals surface area contributed by atoms with E-state index < -0.39 is 17.7 Å². The Balaban J connectivity index is 1.63. The van der Waals surface area contributed by atoms with Gasteiger partial charge in [0.25, 0.3) is 0 Å². The van der Waals surface area contributed by atoms with Gasteiger partial charge in [0.1, 0.15) is 18.2 Å². The lowest BCUT2D eigenvalue weighted by Gasteiger charge is -2.34. The van der Waals surface area contributed by atoms with Gasteiger partial charge in [-0.15, -0.1) is 0 Å². The van der Waals surface area contributed by atoms with E-state index in [1.165, 1.54) is 52.3 Å². The maximum Gasteiger partial charge on any atom is 0.322 e. The molecular weight excluding hydrogens is 316 g/mol. The number of piperazine rings is 1. The molecule has 0 aliphatic carbocycles. The number of nitrogens with one attached hydrogen (secondary N) is 1. The quantitative estimate of drug-likeness (QED) is 0.920. The summed E-state index contributed by atoms with van der Waals surface area (Å²) in [6, 6.07) is 10.7. The monoisotopic (exact) mass is 331 g/mol. The van der Waals surface area contributed by atoms with Crippen molar-refractivity contribution in [3.63, 3.8) is 0 Å². The first-order chi connectivity index (χ1) is 11.5. The highest BCUT2D eigenvalue weighted by Gasteiger charge is 2.28. The molecule has 3 amide bonds. The standard InChI is InChI=1S/C17H15F2N3O2/c18-12-4-6-14(7-5-12)20-17(24)21-8-9-22(16(23)11-21)15-3-1-2-13(19)10-15/h1-7,10H,8-9,11H2,(H,20,24). The maximum atomic E-state index is 13.3. The van der Waals surface area contributed by atoms with Crippen molar-refractivity contribution in [2.45, 2.75) is 0 Å². The summed E-state index contributed by atoms with van der Waals surface area (Å²) in [4.78, 5) is 27.2. The lowest BCUT2D eigenvalue weighted by molar-refractivity contribution is -0.120. The minimum atomic E-state index is -0.436. The zero-order valence-corrected chi connectivity index (χ0v) is 12.7. The summed E-state index contributed by atoms with van der Waals surface area (Å²) >= 11 is 0. The Bertz CT molecular complexity index is 765. The van der Waals surface area contributed by atoms with Gasteiger partial charge in [-0.2, -0.15) is 0 Å². The van der Waals surface area contributed by atoms with Crippen molar-refractivity contribution in [1.82, 2.24) is 4.90 Å². The van der Waals surface area contributed by atoms with Crippen molar-refractivity contribution < 1.29 is 18.4 Å². The molecular formula is C17H15F2N3O2. The molecule has 3 rings (SSSR count). The molecule has 2 aromatic carbocycles. The van der Waals surface area contributed by atoms with Crippen LogP contribution in [0.1, 0.15) is 0 Å². The topological polar surface area (TPSA) is 52.7 Å². The Morgan fingerprint density at radius 3 is 2.42 bits per heavy atom. The third-order valence-corrected chi connectivity index (χ3v) is 3.72. The largest absolute Gasteiger partial charge is 0.322 e. The zero-order valence-electron chi connectivity index (χ0n) is 12.7. The third-order valence-electron chi connectivity index (χ3n) is 3.72. The first kappa shape index (κ1) is 15.9. The van der Waals surface area contributed by atoms with E-state index in [1.54, 1.807) is 6.07 Å². The van der Waals surface area contributed by atoms with Crippen molar-refractivity contribution in [2.24, 2.45) is 0 Å². The lowest BCUT2D eigenvalue weighted by Crippen LogP contribution is -2.53. The van der Waals surface area contributed by atoms with Crippen LogP contribution < -0.4 is 10.2 Å². The van der Waals surface area contributed by atoms with Crippen LogP contribution in [0.3, 0.4) is 0 Å². The van der Waals surface area contributed by atoms with Gasteiger partial charge in [-0.3, -0.25) is 4.79 Å². The summed E-state index contributed by atoms with van der Waals surface area (Å²) in [6.45, 7) is 0.484. The van der Waals surface area contributed by atoms with Crippen LogP contribution in [0.15, 0.2) is 48.5 Å². The number of nitrogens with zero attached hydrogens (tertiary/aromatic N) is 2. The van der Waals surface area contributed by atoms with Crippen LogP contribution in [0.5, 0.6) is 0 Å². The van der Waals surface area contributed by atoms with Gasteiger partial charge in [-0.1, -0.05) is 6.07 Å². The summed E-state index contributed by atoms with van der Waals surface area (Å²) < 4.78 is 26.1. The summed E-state index contributed by atoms with van der Waals surface area (Å²) in [5, 5.41) is 2.61. The van der Waals surface area contributed by atoms with Crippen LogP contribution in [-0.2, 0) is 4.79 Å². The van der Waals surface area contributed by atoms with Crippen LogP contribution in [0.2, 0.25) is 0 Å². The van der Waals surface area contributed by atoms with E-state index >= 15 is 0 Å². The van der Waals surface area contributed by atoms with Gasteiger partial charge in [-0.05, 0) is 42.5 Å². The number of anilines is 2. The van der Waals surface area contributed by atoms with Crippen LogP contribution in [0.25, 0.3) is 0 Å². The van der Waals surface area contributed by atoms with Crippen LogP contribution in [0.4, 0.5) is 25.0 Å². The van der Waals surface area contributed by atoms with Crippen molar-refractivity contribution in [3.8, 4) is 0 Å². The fourth-order valence-corrected chi connectivity index (χ4v) is 2.50. The molecule has 24 heavy (non-hydrogen) atoms. The fraction of sp³-hybridized carbons (Fsp3) is 0.176. The number of carbonyl (C=O) groups excluding carboxylic acids is 2. The van der Waals surface area contributed by atoms with E-state index in [0.29, 0.717) is 17.9 Å². The second-order valence-electron chi connectivity index (χ2n) is 5.38. The molecule has 1 fully saturated rings. The molecule has 0 atom stereocenters. The predicted molar refractivity (Wildman–Crippen MR) is 85.7 cm³/mol. The molecule has 0 aromatic heterocycles. The Morgan fingerprint density at radius 1 is 1.00 bits per heavy atom. The Hall–Kier alpha value is -2.96. The molecule has 0 radical (unpaired) electrons. The van der Waals surface area contributed by atoms with E-state index in [4.69, 9.17) is 0 Å². The molecule has 2 aromatic rings. The molecule has 0 saturated carbocycles. The highest BCUT2D eigenvalue weighted by Crippen LogP contribution is 2.19. The SMILES string of the molecule is O=C(Nc1ccc(F)cc1)N1CCN(c2cccc(F)c2)C(=O)C1. The van der Waals surface area contributed by atoms with Crippen molar-refractivity contribution in [3.05, 3.63) is 60.2 Å². The molecule has 124 valence electrons. The highest BCUT2D eigenvalue weighted by atomic mass is 19.1. The van der Waals surface area contributed by atoms with Gasteiger partial charge in [-0.25, -0.2) is 13.6 Å². The number of carbonyl (C=O) groups is 2. The Labute approximate surface area is 137 Å². The van der Waals surface area contributed by atoms with Crippen LogP contribution in [0, 0.1) is 11.6 Å². The summed E-state index contributed by atoms with van der Waals surface area (Å²) in [5.41, 5.74) is 0.917.